The number of nitrogens with zero attached hydrogens (tertiary/aromatic N) is 3. The van der Waals surface area contributed by atoms with Crippen molar-refractivity contribution in [3.63, 3.8) is 0 Å². The van der Waals surface area contributed by atoms with E-state index in [2.05, 4.69) is 9.97 Å². The molecule has 5 nitrogen and oxygen atoms in total. The maximum Gasteiger partial charge on any atom is 0.270 e. The third-order valence-corrected chi connectivity index (χ3v) is 5.04. The Balaban J connectivity index is 1.61. The second-order valence-corrected chi connectivity index (χ2v) is 6.83. The molecule has 0 aliphatic carbocycles. The van der Waals surface area contributed by atoms with Crippen molar-refractivity contribution in [2.75, 3.05) is 13.1 Å². The number of H-pyrrole nitrogens is 1. The lowest BCUT2D eigenvalue weighted by Crippen LogP contribution is -2.40. The van der Waals surface area contributed by atoms with Gasteiger partial charge >= 0.3 is 0 Å². The number of hydrogen-bond acceptors (Lipinski definition) is 2. The van der Waals surface area contributed by atoms with E-state index < -0.39 is 0 Å². The summed E-state index contributed by atoms with van der Waals surface area (Å²) < 4.78 is 15.3. The van der Waals surface area contributed by atoms with Crippen molar-refractivity contribution in [2.45, 2.75) is 25.7 Å². The van der Waals surface area contributed by atoms with Gasteiger partial charge in [0.1, 0.15) is 17.3 Å². The minimum Gasteiger partial charge on any atom is -0.346 e. The molecule has 4 rings (SSSR count). The van der Waals surface area contributed by atoms with Crippen molar-refractivity contribution in [3.05, 3.63) is 53.5 Å². The number of aryl methyl sites for hydroxylation is 2. The van der Waals surface area contributed by atoms with Crippen LogP contribution in [0.3, 0.4) is 0 Å². The number of aromatic amines is 1. The molecule has 3 aromatic rings. The quantitative estimate of drug-likeness (QED) is 0.778. The van der Waals surface area contributed by atoms with E-state index in [1.54, 1.807) is 12.1 Å². The fourth-order valence-electron chi connectivity index (χ4n) is 3.71. The van der Waals surface area contributed by atoms with Gasteiger partial charge in [-0.05, 0) is 44.0 Å². The fraction of sp³-hybridized carbons (Fsp3) is 0.368. The van der Waals surface area contributed by atoms with Gasteiger partial charge in [0, 0.05) is 48.8 Å². The van der Waals surface area contributed by atoms with Crippen molar-refractivity contribution >= 4 is 16.8 Å². The third kappa shape index (κ3) is 2.81. The van der Waals surface area contributed by atoms with Crippen molar-refractivity contribution < 1.29 is 9.18 Å². The van der Waals surface area contributed by atoms with Crippen molar-refractivity contribution in [2.24, 2.45) is 7.05 Å². The number of likely N-dealkylation sites (tertiary alicyclic amines) is 1. The van der Waals surface area contributed by atoms with E-state index in [0.717, 1.165) is 41.8 Å². The van der Waals surface area contributed by atoms with Crippen LogP contribution in [-0.4, -0.2) is 38.4 Å². The van der Waals surface area contributed by atoms with Gasteiger partial charge in [-0.2, -0.15) is 0 Å². The van der Waals surface area contributed by atoms with Gasteiger partial charge in [0.25, 0.3) is 5.91 Å². The Bertz CT molecular complexity index is 942. The molecule has 6 heteroatoms. The van der Waals surface area contributed by atoms with Gasteiger partial charge in [0.05, 0.1) is 0 Å². The predicted octanol–water partition coefficient (Wildman–Crippen LogP) is 3.37. The topological polar surface area (TPSA) is 53.9 Å². The maximum atomic E-state index is 13.5. The zero-order valence-electron chi connectivity index (χ0n) is 14.4. The SMILES string of the molecule is Cc1cnc([C@@H]2CCCN(C(=O)c3cc4cc(F)ccc4n3C)C2)[nH]1. The van der Waals surface area contributed by atoms with Crippen molar-refractivity contribution in [1.29, 1.82) is 0 Å². The minimum atomic E-state index is -0.289. The van der Waals surface area contributed by atoms with E-state index in [0.29, 0.717) is 12.2 Å². The monoisotopic (exact) mass is 340 g/mol. The highest BCUT2D eigenvalue weighted by molar-refractivity contribution is 5.98. The largest absolute Gasteiger partial charge is 0.346 e. The molecule has 130 valence electrons. The van der Waals surface area contributed by atoms with Crippen LogP contribution in [0.25, 0.3) is 10.9 Å². The van der Waals surface area contributed by atoms with Crippen molar-refractivity contribution in [1.82, 2.24) is 19.4 Å². The van der Waals surface area contributed by atoms with Crippen LogP contribution in [0.5, 0.6) is 0 Å². The molecule has 1 amide bonds. The summed E-state index contributed by atoms with van der Waals surface area (Å²) in [6.45, 7) is 3.38. The molecule has 1 atom stereocenters. The van der Waals surface area contributed by atoms with Crippen LogP contribution in [-0.2, 0) is 7.05 Å². The van der Waals surface area contributed by atoms with Crippen LogP contribution in [0.4, 0.5) is 4.39 Å². The number of amides is 1. The van der Waals surface area contributed by atoms with Crippen LogP contribution >= 0.6 is 0 Å². The molecular formula is C19H21FN4O. The molecule has 0 radical (unpaired) electrons. The summed E-state index contributed by atoms with van der Waals surface area (Å²) in [5.41, 5.74) is 2.49. The highest BCUT2D eigenvalue weighted by Crippen LogP contribution is 2.27. The van der Waals surface area contributed by atoms with Gasteiger partial charge < -0.3 is 14.5 Å². The molecule has 3 heterocycles. The maximum absolute atomic E-state index is 13.5. The Morgan fingerprint density at radius 2 is 2.20 bits per heavy atom. The van der Waals surface area contributed by atoms with E-state index in [-0.39, 0.29) is 17.6 Å². The highest BCUT2D eigenvalue weighted by Gasteiger charge is 2.28. The Labute approximate surface area is 145 Å². The van der Waals surface area contributed by atoms with E-state index >= 15 is 0 Å². The lowest BCUT2D eigenvalue weighted by atomic mass is 9.97. The second-order valence-electron chi connectivity index (χ2n) is 6.83. The van der Waals surface area contributed by atoms with Gasteiger partial charge in [-0.25, -0.2) is 9.37 Å². The number of carbonyl (C=O) groups excluding carboxylic acids is 1. The van der Waals surface area contributed by atoms with E-state index in [1.807, 2.05) is 29.6 Å². The van der Waals surface area contributed by atoms with Gasteiger partial charge in [-0.15, -0.1) is 0 Å². The van der Waals surface area contributed by atoms with E-state index in [4.69, 9.17) is 0 Å². The van der Waals surface area contributed by atoms with Crippen molar-refractivity contribution in [3.8, 4) is 0 Å². The third-order valence-electron chi connectivity index (χ3n) is 5.04. The summed E-state index contributed by atoms with van der Waals surface area (Å²) in [4.78, 5) is 22.6. The number of carbonyl (C=O) groups is 1. The molecule has 1 aliphatic rings. The summed E-state index contributed by atoms with van der Waals surface area (Å²) in [6.07, 6.45) is 3.81. The predicted molar refractivity (Wildman–Crippen MR) is 94.1 cm³/mol. The van der Waals surface area contributed by atoms with Crippen LogP contribution in [0, 0.1) is 12.7 Å². The molecule has 1 saturated heterocycles. The number of aromatic nitrogens is 3. The molecule has 1 aromatic carbocycles. The highest BCUT2D eigenvalue weighted by atomic mass is 19.1. The zero-order valence-corrected chi connectivity index (χ0v) is 14.4. The van der Waals surface area contributed by atoms with Crippen LogP contribution in [0.1, 0.15) is 40.8 Å². The van der Waals surface area contributed by atoms with Gasteiger partial charge in [0.15, 0.2) is 0 Å². The van der Waals surface area contributed by atoms with Crippen LogP contribution in [0.15, 0.2) is 30.5 Å². The molecule has 2 aromatic heterocycles. The summed E-state index contributed by atoms with van der Waals surface area (Å²) in [7, 11) is 1.85. The summed E-state index contributed by atoms with van der Waals surface area (Å²) >= 11 is 0. The summed E-state index contributed by atoms with van der Waals surface area (Å²) in [6, 6.07) is 6.39. The number of nitrogens with one attached hydrogen (secondary N) is 1. The first-order valence-corrected chi connectivity index (χ1v) is 8.58. The molecule has 1 aliphatic heterocycles. The zero-order chi connectivity index (χ0) is 17.6. The van der Waals surface area contributed by atoms with Gasteiger partial charge in [-0.1, -0.05) is 0 Å². The number of fused-ring (bicyclic) bond motifs is 1. The first-order valence-electron chi connectivity index (χ1n) is 8.58. The number of hydrogen-bond donors (Lipinski definition) is 1. The summed E-state index contributed by atoms with van der Waals surface area (Å²) in [5, 5.41) is 0.751. The van der Waals surface area contributed by atoms with E-state index in [1.165, 1.54) is 12.1 Å². The smallest absolute Gasteiger partial charge is 0.270 e. The number of rotatable bonds is 2. The normalized spacial score (nSPS) is 18.0. The van der Waals surface area contributed by atoms with Gasteiger partial charge in [-0.3, -0.25) is 4.79 Å². The molecular weight excluding hydrogens is 319 g/mol. The Morgan fingerprint density at radius 1 is 1.36 bits per heavy atom. The van der Waals surface area contributed by atoms with Crippen LogP contribution < -0.4 is 0 Å². The Kier molecular flexibility index (Phi) is 3.82. The summed E-state index contributed by atoms with van der Waals surface area (Å²) in [5.74, 6) is 0.892. The minimum absolute atomic E-state index is 0.00733. The number of piperidine rings is 1. The van der Waals surface area contributed by atoms with E-state index in [9.17, 15) is 9.18 Å². The molecule has 0 bridgehead atoms. The van der Waals surface area contributed by atoms with Gasteiger partial charge in [0.2, 0.25) is 0 Å². The number of benzene rings is 1. The first kappa shape index (κ1) is 15.9. The molecule has 1 fully saturated rings. The average molecular weight is 340 g/mol. The lowest BCUT2D eigenvalue weighted by molar-refractivity contribution is 0.0695. The average Bonchev–Trinajstić information content (AvgIpc) is 3.18. The lowest BCUT2D eigenvalue weighted by Gasteiger charge is -2.32. The number of imidazole rings is 1. The molecule has 1 N–H and O–H groups in total. The molecule has 0 saturated carbocycles. The molecule has 0 spiro atoms. The fourth-order valence-corrected chi connectivity index (χ4v) is 3.71. The number of halogens is 1. The van der Waals surface area contributed by atoms with Crippen LogP contribution in [0.2, 0.25) is 0 Å². The Morgan fingerprint density at radius 3 is 2.96 bits per heavy atom. The standard InChI is InChI=1S/C19H21FN4O/c1-12-10-21-18(22-12)13-4-3-7-24(11-13)19(25)17-9-14-8-15(20)5-6-16(14)23(17)2/h5-6,8-10,13H,3-4,7,11H2,1-2H3,(H,21,22)/t13-/m1/s1. The molecule has 0 unspecified atom stereocenters. The molecule has 25 heavy (non-hydrogen) atoms. The second kappa shape index (κ2) is 6.02. The first-order chi connectivity index (χ1) is 12.0. The Hall–Kier alpha value is -2.63.